The summed E-state index contributed by atoms with van der Waals surface area (Å²) in [6, 6.07) is 15.3. The van der Waals surface area contributed by atoms with Crippen LogP contribution in [0.4, 0.5) is 10.1 Å². The number of anilines is 1. The summed E-state index contributed by atoms with van der Waals surface area (Å²) in [5.41, 5.74) is -0.0124. The SMILES string of the molecule is O=C(O[C@H](C(=O)O)[C@H](OC(=O)c1ccc(Cl)cc1)C(=O)Nc1ccc(F)cc1)c1ccc(Cl)cc1. The van der Waals surface area contributed by atoms with Crippen LogP contribution in [0.3, 0.4) is 0 Å². The number of rotatable bonds is 8. The van der Waals surface area contributed by atoms with Crippen LogP contribution in [0, 0.1) is 5.82 Å². The Hall–Kier alpha value is -3.95. The largest absolute Gasteiger partial charge is 0.478 e. The van der Waals surface area contributed by atoms with Crippen molar-refractivity contribution in [2.45, 2.75) is 12.2 Å². The van der Waals surface area contributed by atoms with Gasteiger partial charge in [-0.25, -0.2) is 18.8 Å². The number of halogens is 3. The van der Waals surface area contributed by atoms with Gasteiger partial charge in [0.2, 0.25) is 12.2 Å². The highest BCUT2D eigenvalue weighted by atomic mass is 35.5. The predicted molar refractivity (Wildman–Crippen MR) is 124 cm³/mol. The van der Waals surface area contributed by atoms with Crippen LogP contribution in [0.25, 0.3) is 0 Å². The van der Waals surface area contributed by atoms with Crippen LogP contribution < -0.4 is 5.32 Å². The summed E-state index contributed by atoms with van der Waals surface area (Å²) < 4.78 is 23.4. The zero-order chi connectivity index (χ0) is 25.5. The Kier molecular flexibility index (Phi) is 8.40. The third-order valence-electron chi connectivity index (χ3n) is 4.52. The zero-order valence-corrected chi connectivity index (χ0v) is 19.1. The van der Waals surface area contributed by atoms with Crippen molar-refractivity contribution < 1.29 is 38.1 Å². The van der Waals surface area contributed by atoms with Crippen molar-refractivity contribution in [1.82, 2.24) is 0 Å². The van der Waals surface area contributed by atoms with Gasteiger partial charge >= 0.3 is 17.9 Å². The number of hydrogen-bond acceptors (Lipinski definition) is 6. The number of carbonyl (C=O) groups is 4. The molecular weight excluding hydrogens is 504 g/mol. The van der Waals surface area contributed by atoms with E-state index in [4.69, 9.17) is 32.7 Å². The number of hydrogen-bond donors (Lipinski definition) is 2. The molecule has 35 heavy (non-hydrogen) atoms. The monoisotopic (exact) mass is 519 g/mol. The number of aliphatic carboxylic acids is 1. The molecule has 180 valence electrons. The van der Waals surface area contributed by atoms with E-state index in [0.29, 0.717) is 10.0 Å². The second-order valence-electron chi connectivity index (χ2n) is 7.00. The molecule has 0 aliphatic carbocycles. The second-order valence-corrected chi connectivity index (χ2v) is 7.87. The van der Waals surface area contributed by atoms with Gasteiger partial charge in [0.05, 0.1) is 11.1 Å². The first kappa shape index (κ1) is 25.7. The number of amides is 1. The fraction of sp³-hybridized carbons (Fsp3) is 0.0833. The zero-order valence-electron chi connectivity index (χ0n) is 17.6. The molecule has 0 saturated heterocycles. The van der Waals surface area contributed by atoms with Crippen LogP contribution in [-0.4, -0.2) is 41.1 Å². The maximum absolute atomic E-state index is 13.2. The van der Waals surface area contributed by atoms with E-state index in [9.17, 15) is 28.7 Å². The molecule has 3 rings (SSSR count). The van der Waals surface area contributed by atoms with Gasteiger partial charge in [-0.15, -0.1) is 0 Å². The van der Waals surface area contributed by atoms with Crippen molar-refractivity contribution in [2.24, 2.45) is 0 Å². The van der Waals surface area contributed by atoms with E-state index in [1.54, 1.807) is 0 Å². The molecule has 0 radical (unpaired) electrons. The number of carbonyl (C=O) groups excluding carboxylic acids is 3. The maximum atomic E-state index is 13.2. The topological polar surface area (TPSA) is 119 Å². The molecule has 2 atom stereocenters. The van der Waals surface area contributed by atoms with Crippen molar-refractivity contribution in [3.05, 3.63) is 99.8 Å². The van der Waals surface area contributed by atoms with E-state index in [2.05, 4.69) is 5.32 Å². The lowest BCUT2D eigenvalue weighted by molar-refractivity contribution is -0.157. The summed E-state index contributed by atoms with van der Waals surface area (Å²) in [4.78, 5) is 50.1. The van der Waals surface area contributed by atoms with E-state index in [1.165, 1.54) is 60.7 Å². The lowest BCUT2D eigenvalue weighted by Crippen LogP contribution is -2.48. The Morgan fingerprint density at radius 3 is 1.57 bits per heavy atom. The van der Waals surface area contributed by atoms with Crippen molar-refractivity contribution in [1.29, 1.82) is 0 Å². The minimum absolute atomic E-state index is 0.0397. The lowest BCUT2D eigenvalue weighted by Gasteiger charge is -2.23. The van der Waals surface area contributed by atoms with Gasteiger partial charge in [-0.3, -0.25) is 4.79 Å². The average Bonchev–Trinajstić information content (AvgIpc) is 2.83. The standard InChI is InChI=1S/C24H16Cl2FNO7/c25-15-5-1-13(2-6-15)23(32)34-19(21(29)28-18-11-9-17(27)10-12-18)20(22(30)31)35-24(33)14-3-7-16(26)8-4-14/h1-12,19-20H,(H,28,29)(H,30,31)/t19-,20-/m0/s1. The third kappa shape index (κ3) is 7.02. The molecule has 2 N–H and O–H groups in total. The van der Waals surface area contributed by atoms with Crippen LogP contribution in [-0.2, 0) is 19.1 Å². The molecular formula is C24H16Cl2FNO7. The summed E-state index contributed by atoms with van der Waals surface area (Å²) in [5, 5.41) is 12.7. The van der Waals surface area contributed by atoms with E-state index in [1.807, 2.05) is 0 Å². The first-order chi connectivity index (χ1) is 16.6. The van der Waals surface area contributed by atoms with Crippen LogP contribution in [0.1, 0.15) is 20.7 Å². The molecule has 0 saturated carbocycles. The normalized spacial score (nSPS) is 12.2. The summed E-state index contributed by atoms with van der Waals surface area (Å²) in [7, 11) is 0. The summed E-state index contributed by atoms with van der Waals surface area (Å²) in [6.45, 7) is 0. The summed E-state index contributed by atoms with van der Waals surface area (Å²) >= 11 is 11.6. The minimum Gasteiger partial charge on any atom is -0.478 e. The van der Waals surface area contributed by atoms with Gasteiger partial charge in [-0.1, -0.05) is 23.2 Å². The number of benzene rings is 3. The Morgan fingerprint density at radius 2 is 1.14 bits per heavy atom. The molecule has 0 fully saturated rings. The summed E-state index contributed by atoms with van der Waals surface area (Å²) in [5.74, 6) is -5.63. The van der Waals surface area contributed by atoms with Gasteiger partial charge in [0.15, 0.2) is 0 Å². The quantitative estimate of drug-likeness (QED) is 0.417. The molecule has 0 heterocycles. The van der Waals surface area contributed by atoms with Gasteiger partial charge in [0.25, 0.3) is 5.91 Å². The highest BCUT2D eigenvalue weighted by Crippen LogP contribution is 2.18. The van der Waals surface area contributed by atoms with Gasteiger partial charge in [-0.05, 0) is 72.8 Å². The number of carboxylic acid groups (broad SMARTS) is 1. The first-order valence-corrected chi connectivity index (χ1v) is 10.6. The average molecular weight is 520 g/mol. The molecule has 11 heteroatoms. The van der Waals surface area contributed by atoms with E-state index in [0.717, 1.165) is 12.1 Å². The van der Waals surface area contributed by atoms with Gasteiger partial charge in [0, 0.05) is 15.7 Å². The van der Waals surface area contributed by atoms with Crippen LogP contribution >= 0.6 is 23.2 Å². The molecule has 8 nitrogen and oxygen atoms in total. The van der Waals surface area contributed by atoms with Crippen LogP contribution in [0.15, 0.2) is 72.8 Å². The molecule has 0 spiro atoms. The number of nitrogens with one attached hydrogen (secondary N) is 1. The third-order valence-corrected chi connectivity index (χ3v) is 5.02. The molecule has 0 aromatic heterocycles. The highest BCUT2D eigenvalue weighted by Gasteiger charge is 2.41. The van der Waals surface area contributed by atoms with Gasteiger partial charge in [0.1, 0.15) is 5.82 Å². The van der Waals surface area contributed by atoms with Crippen molar-refractivity contribution in [3.63, 3.8) is 0 Å². The predicted octanol–water partition coefficient (Wildman–Crippen LogP) is 4.61. The van der Waals surface area contributed by atoms with E-state index >= 15 is 0 Å². The number of carboxylic acids is 1. The van der Waals surface area contributed by atoms with E-state index in [-0.39, 0.29) is 16.8 Å². The molecule has 0 unspecified atom stereocenters. The molecule has 1 amide bonds. The first-order valence-electron chi connectivity index (χ1n) is 9.86. The van der Waals surface area contributed by atoms with Gasteiger partial charge < -0.3 is 19.9 Å². The fourth-order valence-electron chi connectivity index (χ4n) is 2.78. The second kappa shape index (κ2) is 11.5. The Labute approximate surface area is 208 Å². The molecule has 3 aromatic carbocycles. The Bertz CT molecular complexity index is 1230. The fourth-order valence-corrected chi connectivity index (χ4v) is 3.03. The van der Waals surface area contributed by atoms with Crippen LogP contribution in [0.2, 0.25) is 10.0 Å². The molecule has 0 aliphatic rings. The molecule has 0 bridgehead atoms. The smallest absolute Gasteiger partial charge is 0.349 e. The Morgan fingerprint density at radius 1 is 0.714 bits per heavy atom. The van der Waals surface area contributed by atoms with Crippen molar-refractivity contribution in [3.8, 4) is 0 Å². The van der Waals surface area contributed by atoms with Crippen molar-refractivity contribution >= 4 is 52.7 Å². The molecule has 0 aliphatic heterocycles. The van der Waals surface area contributed by atoms with E-state index < -0.39 is 41.8 Å². The van der Waals surface area contributed by atoms with Crippen molar-refractivity contribution in [2.75, 3.05) is 5.32 Å². The highest BCUT2D eigenvalue weighted by molar-refractivity contribution is 6.31. The maximum Gasteiger partial charge on any atom is 0.349 e. The minimum atomic E-state index is -2.23. The molecule has 3 aromatic rings. The Balaban J connectivity index is 1.90. The van der Waals surface area contributed by atoms with Crippen LogP contribution in [0.5, 0.6) is 0 Å². The number of ether oxygens (including phenoxy) is 2. The lowest BCUT2D eigenvalue weighted by atomic mass is 10.1. The van der Waals surface area contributed by atoms with Gasteiger partial charge in [-0.2, -0.15) is 0 Å². The summed E-state index contributed by atoms with van der Waals surface area (Å²) in [6.07, 6.45) is -4.34. The number of esters is 2.